The normalized spacial score (nSPS) is 12.9. The molecule has 0 aliphatic rings. The number of hydrogen-bond donors (Lipinski definition) is 1. The minimum absolute atomic E-state index is 0.171. The topological polar surface area (TPSA) is 43.0 Å². The summed E-state index contributed by atoms with van der Waals surface area (Å²) in [6.07, 6.45) is 0. The quantitative estimate of drug-likeness (QED) is 0.774. The first-order valence-corrected chi connectivity index (χ1v) is 7.43. The van der Waals surface area contributed by atoms with E-state index in [2.05, 4.69) is 43.4 Å². The monoisotopic (exact) mass is 283 g/mol. The Bertz CT molecular complexity index is 741. The molecule has 21 heavy (non-hydrogen) atoms. The molecule has 0 aliphatic heterocycles. The highest BCUT2D eigenvalue weighted by Gasteiger charge is 2.12. The summed E-state index contributed by atoms with van der Waals surface area (Å²) in [6.45, 7) is 7.80. The Balaban J connectivity index is 1.79. The van der Waals surface area contributed by atoms with E-state index < -0.39 is 0 Å². The molecular weight excluding hydrogens is 262 g/mol. The molecule has 0 amide bonds. The molecule has 0 saturated heterocycles. The Morgan fingerprint density at radius 3 is 2.76 bits per heavy atom. The van der Waals surface area contributed by atoms with E-state index in [4.69, 9.17) is 9.52 Å². The zero-order chi connectivity index (χ0) is 14.8. The van der Waals surface area contributed by atoms with Crippen molar-refractivity contribution >= 4 is 10.9 Å². The number of furan rings is 1. The van der Waals surface area contributed by atoms with Crippen LogP contribution in [0.15, 0.2) is 40.8 Å². The van der Waals surface area contributed by atoms with Gasteiger partial charge in [-0.3, -0.25) is 4.68 Å². The fraction of sp³-hybridized carbons (Fsp3) is 0.353. The number of nitrogens with zero attached hydrogens (tertiary/aromatic N) is 2. The van der Waals surface area contributed by atoms with Crippen molar-refractivity contribution in [1.29, 1.82) is 0 Å². The lowest BCUT2D eigenvalue weighted by Gasteiger charge is -2.10. The third-order valence-corrected chi connectivity index (χ3v) is 3.80. The van der Waals surface area contributed by atoms with E-state index in [0.717, 1.165) is 30.3 Å². The summed E-state index contributed by atoms with van der Waals surface area (Å²) < 4.78 is 7.71. The van der Waals surface area contributed by atoms with Gasteiger partial charge >= 0.3 is 0 Å². The summed E-state index contributed by atoms with van der Waals surface area (Å²) in [5, 5.41) is 9.41. The van der Waals surface area contributed by atoms with Gasteiger partial charge in [0, 0.05) is 18.5 Å². The molecule has 2 aromatic heterocycles. The minimum Gasteiger partial charge on any atom is -0.465 e. The lowest BCUT2D eigenvalue weighted by atomic mass is 10.2. The Labute approximate surface area is 124 Å². The second-order valence-electron chi connectivity index (χ2n) is 5.33. The molecule has 0 fully saturated rings. The van der Waals surface area contributed by atoms with E-state index in [1.165, 1.54) is 10.9 Å². The van der Waals surface area contributed by atoms with E-state index in [0.29, 0.717) is 0 Å². The number of aromatic nitrogens is 2. The first-order valence-electron chi connectivity index (χ1n) is 7.43. The van der Waals surface area contributed by atoms with Gasteiger partial charge in [-0.05, 0) is 39.0 Å². The largest absolute Gasteiger partial charge is 0.465 e. The Morgan fingerprint density at radius 2 is 2.05 bits per heavy atom. The number of aryl methyl sites for hydroxylation is 2. The van der Waals surface area contributed by atoms with Crippen LogP contribution in [0.1, 0.15) is 37.1 Å². The molecule has 3 rings (SSSR count). The molecule has 1 atom stereocenters. The zero-order valence-corrected chi connectivity index (χ0v) is 12.8. The number of benzene rings is 1. The summed E-state index contributed by atoms with van der Waals surface area (Å²) in [4.78, 5) is 0. The van der Waals surface area contributed by atoms with Crippen molar-refractivity contribution in [2.24, 2.45) is 0 Å². The minimum atomic E-state index is 0.171. The van der Waals surface area contributed by atoms with Gasteiger partial charge in [0.05, 0.1) is 17.3 Å². The molecule has 110 valence electrons. The van der Waals surface area contributed by atoms with Crippen LogP contribution in [0.2, 0.25) is 0 Å². The van der Waals surface area contributed by atoms with Gasteiger partial charge in [0.25, 0.3) is 0 Å². The fourth-order valence-corrected chi connectivity index (χ4v) is 2.60. The van der Waals surface area contributed by atoms with Crippen LogP contribution in [-0.4, -0.2) is 9.78 Å². The molecule has 0 spiro atoms. The fourth-order valence-electron chi connectivity index (χ4n) is 2.60. The smallest absolute Gasteiger partial charge is 0.120 e. The van der Waals surface area contributed by atoms with Crippen molar-refractivity contribution in [2.45, 2.75) is 39.9 Å². The van der Waals surface area contributed by atoms with Crippen LogP contribution in [0.3, 0.4) is 0 Å². The predicted molar refractivity (Wildman–Crippen MR) is 84.1 cm³/mol. The zero-order valence-electron chi connectivity index (χ0n) is 12.8. The summed E-state index contributed by atoms with van der Waals surface area (Å²) in [6, 6.07) is 12.6. The third kappa shape index (κ3) is 2.72. The molecular formula is C17H21N3O. The first-order chi connectivity index (χ1) is 10.2. The summed E-state index contributed by atoms with van der Waals surface area (Å²) in [5.41, 5.74) is 2.28. The Hall–Kier alpha value is -2.07. The van der Waals surface area contributed by atoms with Gasteiger partial charge in [0.2, 0.25) is 0 Å². The number of fused-ring (bicyclic) bond motifs is 1. The van der Waals surface area contributed by atoms with Gasteiger partial charge in [0.1, 0.15) is 11.5 Å². The van der Waals surface area contributed by atoms with Gasteiger partial charge in [-0.25, -0.2) is 0 Å². The van der Waals surface area contributed by atoms with Crippen molar-refractivity contribution in [1.82, 2.24) is 15.1 Å². The molecule has 2 heterocycles. The van der Waals surface area contributed by atoms with Crippen molar-refractivity contribution in [3.8, 4) is 0 Å². The number of rotatable bonds is 5. The maximum absolute atomic E-state index is 5.66. The van der Waals surface area contributed by atoms with Crippen LogP contribution >= 0.6 is 0 Å². The van der Waals surface area contributed by atoms with Gasteiger partial charge in [-0.1, -0.05) is 18.2 Å². The van der Waals surface area contributed by atoms with E-state index >= 15 is 0 Å². The van der Waals surface area contributed by atoms with Crippen molar-refractivity contribution in [3.63, 3.8) is 0 Å². The predicted octanol–water partition coefficient (Wildman–Crippen LogP) is 3.81. The van der Waals surface area contributed by atoms with E-state index in [9.17, 15) is 0 Å². The average Bonchev–Trinajstić information content (AvgIpc) is 3.09. The molecule has 3 aromatic rings. The van der Waals surface area contributed by atoms with Gasteiger partial charge < -0.3 is 9.73 Å². The SMILES string of the molecule is CCn1nc(CNC(C)c2ccc(C)o2)c2ccccc21. The lowest BCUT2D eigenvalue weighted by molar-refractivity contribution is 0.414. The van der Waals surface area contributed by atoms with Crippen molar-refractivity contribution < 1.29 is 4.42 Å². The second kappa shape index (κ2) is 5.74. The van der Waals surface area contributed by atoms with Crippen LogP contribution in [-0.2, 0) is 13.1 Å². The molecule has 0 saturated carbocycles. The number of nitrogens with one attached hydrogen (secondary N) is 1. The summed E-state index contributed by atoms with van der Waals surface area (Å²) >= 11 is 0. The third-order valence-electron chi connectivity index (χ3n) is 3.80. The van der Waals surface area contributed by atoms with E-state index in [1.807, 2.05) is 23.7 Å². The van der Waals surface area contributed by atoms with Gasteiger partial charge in [-0.15, -0.1) is 0 Å². The molecule has 0 aliphatic carbocycles. The van der Waals surface area contributed by atoms with Gasteiger partial charge in [0.15, 0.2) is 0 Å². The van der Waals surface area contributed by atoms with Crippen LogP contribution in [0.5, 0.6) is 0 Å². The molecule has 0 radical (unpaired) electrons. The molecule has 0 bridgehead atoms. The van der Waals surface area contributed by atoms with E-state index in [-0.39, 0.29) is 6.04 Å². The van der Waals surface area contributed by atoms with Crippen LogP contribution < -0.4 is 5.32 Å². The number of hydrogen-bond acceptors (Lipinski definition) is 3. The number of para-hydroxylation sites is 1. The van der Waals surface area contributed by atoms with Crippen molar-refractivity contribution in [3.05, 3.63) is 53.6 Å². The molecule has 1 aromatic carbocycles. The molecule has 4 nitrogen and oxygen atoms in total. The Morgan fingerprint density at radius 1 is 1.24 bits per heavy atom. The molecule has 4 heteroatoms. The van der Waals surface area contributed by atoms with Crippen LogP contribution in [0.4, 0.5) is 0 Å². The maximum atomic E-state index is 5.66. The maximum Gasteiger partial charge on any atom is 0.120 e. The highest BCUT2D eigenvalue weighted by Crippen LogP contribution is 2.20. The van der Waals surface area contributed by atoms with E-state index in [1.54, 1.807) is 0 Å². The highest BCUT2D eigenvalue weighted by molar-refractivity contribution is 5.81. The van der Waals surface area contributed by atoms with Crippen LogP contribution in [0.25, 0.3) is 10.9 Å². The summed E-state index contributed by atoms with van der Waals surface area (Å²) in [7, 11) is 0. The summed E-state index contributed by atoms with van der Waals surface area (Å²) in [5.74, 6) is 1.91. The lowest BCUT2D eigenvalue weighted by Crippen LogP contribution is -2.18. The highest BCUT2D eigenvalue weighted by atomic mass is 16.3. The molecule has 1 N–H and O–H groups in total. The first kappa shape index (κ1) is 13.9. The van der Waals surface area contributed by atoms with Crippen LogP contribution in [0, 0.1) is 6.92 Å². The standard InChI is InChI=1S/C17H21N3O/c1-4-20-16-8-6-5-7-14(16)15(19-20)11-18-13(3)17-10-9-12(2)21-17/h5-10,13,18H,4,11H2,1-3H3. The molecule has 1 unspecified atom stereocenters. The van der Waals surface area contributed by atoms with Crippen molar-refractivity contribution in [2.75, 3.05) is 0 Å². The average molecular weight is 283 g/mol. The Kier molecular flexibility index (Phi) is 3.80. The van der Waals surface area contributed by atoms with Gasteiger partial charge in [-0.2, -0.15) is 5.10 Å². The second-order valence-corrected chi connectivity index (χ2v) is 5.33.